The lowest BCUT2D eigenvalue weighted by Crippen LogP contribution is -2.46. The van der Waals surface area contributed by atoms with E-state index in [0.717, 1.165) is 19.3 Å². The van der Waals surface area contributed by atoms with E-state index in [-0.39, 0.29) is 34.9 Å². The third kappa shape index (κ3) is 5.00. The number of hydrogen-bond acceptors (Lipinski definition) is 6. The smallest absolute Gasteiger partial charge is 0.341 e. The van der Waals surface area contributed by atoms with Crippen LogP contribution >= 0.6 is 0 Å². The normalized spacial score (nSPS) is 18.5. The monoisotopic (exact) mass is 483 g/mol. The third-order valence-electron chi connectivity index (χ3n) is 6.97. The number of halogens is 1. The number of carboxylic acid groups (broad SMARTS) is 1. The summed E-state index contributed by atoms with van der Waals surface area (Å²) in [7, 11) is 0. The van der Waals surface area contributed by atoms with Crippen LogP contribution in [0.25, 0.3) is 10.9 Å². The number of rotatable bonds is 9. The van der Waals surface area contributed by atoms with E-state index in [2.05, 4.69) is 16.7 Å². The lowest BCUT2D eigenvalue weighted by molar-refractivity contribution is -0.119. The lowest BCUT2D eigenvalue weighted by Gasteiger charge is -2.27. The van der Waals surface area contributed by atoms with Gasteiger partial charge in [0.15, 0.2) is 0 Å². The molecule has 9 nitrogen and oxygen atoms in total. The van der Waals surface area contributed by atoms with Crippen molar-refractivity contribution in [2.45, 2.75) is 51.6 Å². The van der Waals surface area contributed by atoms with Crippen molar-refractivity contribution in [1.82, 2.24) is 15.2 Å². The number of aryl methyl sites for hydroxylation is 1. The van der Waals surface area contributed by atoms with E-state index < -0.39 is 17.2 Å². The number of carbonyl (C=O) groups is 2. The number of aromatic carboxylic acids is 1. The molecule has 2 unspecified atom stereocenters. The summed E-state index contributed by atoms with van der Waals surface area (Å²) < 4.78 is 17.3. The van der Waals surface area contributed by atoms with Crippen LogP contribution in [0.15, 0.2) is 17.1 Å². The zero-order valence-corrected chi connectivity index (χ0v) is 19.9. The summed E-state index contributed by atoms with van der Waals surface area (Å²) in [5, 5.41) is 24.6. The van der Waals surface area contributed by atoms with Crippen LogP contribution in [0, 0.1) is 30.0 Å². The molecule has 2 fully saturated rings. The molecule has 4 rings (SSSR count). The molecular weight excluding hydrogens is 453 g/mol. The Labute approximate surface area is 202 Å². The number of nitrogens with zero attached hydrogens (tertiary/aromatic N) is 3. The van der Waals surface area contributed by atoms with Gasteiger partial charge >= 0.3 is 5.97 Å². The predicted molar refractivity (Wildman–Crippen MR) is 129 cm³/mol. The van der Waals surface area contributed by atoms with E-state index >= 15 is 4.39 Å². The van der Waals surface area contributed by atoms with Crippen molar-refractivity contribution in [3.8, 4) is 6.07 Å². The Kier molecular flexibility index (Phi) is 7.08. The molecule has 3 N–H and O–H groups in total. The molecule has 10 heteroatoms. The van der Waals surface area contributed by atoms with Crippen LogP contribution in [-0.2, 0) is 4.79 Å². The van der Waals surface area contributed by atoms with E-state index in [9.17, 15) is 19.5 Å². The average Bonchev–Trinajstić information content (AvgIpc) is 3.54. The summed E-state index contributed by atoms with van der Waals surface area (Å²) in [4.78, 5) is 37.9. The highest BCUT2D eigenvalue weighted by molar-refractivity contribution is 5.95. The fourth-order valence-electron chi connectivity index (χ4n) is 5.14. The minimum atomic E-state index is -1.31. The van der Waals surface area contributed by atoms with Gasteiger partial charge in [-0.3, -0.25) is 9.59 Å². The van der Waals surface area contributed by atoms with Crippen molar-refractivity contribution < 1.29 is 19.1 Å². The second-order valence-electron chi connectivity index (χ2n) is 9.44. The maximum atomic E-state index is 15.5. The highest BCUT2D eigenvalue weighted by Gasteiger charge is 2.34. The molecule has 2 heterocycles. The number of anilines is 1. The quantitative estimate of drug-likeness (QED) is 0.467. The van der Waals surface area contributed by atoms with Gasteiger partial charge in [-0.25, -0.2) is 9.18 Å². The number of fused-ring (bicyclic) bond motifs is 1. The first-order chi connectivity index (χ1) is 16.7. The molecule has 2 aliphatic rings. The largest absolute Gasteiger partial charge is 0.477 e. The average molecular weight is 484 g/mol. The van der Waals surface area contributed by atoms with Crippen LogP contribution in [-0.4, -0.2) is 53.8 Å². The number of nitrogens with one attached hydrogen (secondary N) is 2. The van der Waals surface area contributed by atoms with Gasteiger partial charge in [0.1, 0.15) is 11.4 Å². The van der Waals surface area contributed by atoms with Crippen LogP contribution in [0.3, 0.4) is 0 Å². The zero-order chi connectivity index (χ0) is 25.3. The van der Waals surface area contributed by atoms with Gasteiger partial charge in [-0.05, 0) is 43.7 Å². The van der Waals surface area contributed by atoms with Gasteiger partial charge in [-0.15, -0.1) is 0 Å². The first-order valence-corrected chi connectivity index (χ1v) is 11.9. The topological polar surface area (TPSA) is 127 Å². The van der Waals surface area contributed by atoms with E-state index in [1.165, 1.54) is 19.2 Å². The molecule has 1 aliphatic carbocycles. The molecule has 0 spiro atoms. The van der Waals surface area contributed by atoms with Crippen LogP contribution in [0.2, 0.25) is 0 Å². The second kappa shape index (κ2) is 10.0. The van der Waals surface area contributed by atoms with Crippen molar-refractivity contribution in [2.75, 3.05) is 31.1 Å². The molecule has 1 aromatic heterocycles. The molecule has 2 aromatic rings. The van der Waals surface area contributed by atoms with Crippen molar-refractivity contribution in [1.29, 1.82) is 5.26 Å². The fraction of sp³-hybridized carbons (Fsp3) is 0.520. The summed E-state index contributed by atoms with van der Waals surface area (Å²) in [6.07, 6.45) is 4.29. The van der Waals surface area contributed by atoms with Crippen molar-refractivity contribution in [3.05, 3.63) is 39.4 Å². The predicted octanol–water partition coefficient (Wildman–Crippen LogP) is 2.32. The Balaban J connectivity index is 1.68. The number of aromatic nitrogens is 1. The summed E-state index contributed by atoms with van der Waals surface area (Å²) in [6, 6.07) is 3.32. The summed E-state index contributed by atoms with van der Waals surface area (Å²) in [5.74, 6) is -1.88. The first kappa shape index (κ1) is 24.7. The Morgan fingerprint density at radius 1 is 1.34 bits per heavy atom. The molecule has 2 atom stereocenters. The van der Waals surface area contributed by atoms with E-state index in [1.807, 2.05) is 9.47 Å². The molecule has 1 amide bonds. The molecule has 1 aliphatic heterocycles. The lowest BCUT2D eigenvalue weighted by atomic mass is 9.98. The molecule has 1 saturated heterocycles. The van der Waals surface area contributed by atoms with Crippen LogP contribution < -0.4 is 21.0 Å². The van der Waals surface area contributed by atoms with Crippen LogP contribution in [0.5, 0.6) is 0 Å². The molecule has 0 bridgehead atoms. The Morgan fingerprint density at radius 2 is 2.09 bits per heavy atom. The highest BCUT2D eigenvalue weighted by atomic mass is 19.1. The van der Waals surface area contributed by atoms with Crippen molar-refractivity contribution >= 4 is 28.5 Å². The highest BCUT2D eigenvalue weighted by Crippen LogP contribution is 2.40. The van der Waals surface area contributed by atoms with Gasteiger partial charge in [0.05, 0.1) is 17.3 Å². The number of amides is 1. The zero-order valence-electron chi connectivity index (χ0n) is 19.9. The maximum Gasteiger partial charge on any atom is 0.341 e. The SMILES string of the molecule is CC(=O)NCC(NCCC#N)C1CCN(c2c(F)cc3c(=O)c(C(=O)O)cn(C4CC4)c3c2C)C1. The minimum absolute atomic E-state index is 0.0659. The Morgan fingerprint density at radius 3 is 2.71 bits per heavy atom. The number of carboxylic acids is 1. The molecule has 1 aromatic carbocycles. The minimum Gasteiger partial charge on any atom is -0.477 e. The van der Waals surface area contributed by atoms with Gasteiger partial charge in [0.2, 0.25) is 11.3 Å². The van der Waals surface area contributed by atoms with Crippen molar-refractivity contribution in [3.63, 3.8) is 0 Å². The van der Waals surface area contributed by atoms with E-state index in [4.69, 9.17) is 5.26 Å². The third-order valence-corrected chi connectivity index (χ3v) is 6.97. The standard InChI is InChI=1S/C25H30FN5O4/c1-14-22-18(24(33)19(25(34)35)13-31(22)17-4-5-17)10-20(26)23(14)30-9-6-16(12-30)21(11-29-15(2)32)28-8-3-7-27/h10,13,16-17,21,28H,3-6,8-9,11-12H2,1-2H3,(H,29,32)(H,34,35). The molecular formula is C25H30FN5O4. The molecule has 186 valence electrons. The van der Waals surface area contributed by atoms with Gasteiger partial charge < -0.3 is 25.2 Å². The fourth-order valence-corrected chi connectivity index (χ4v) is 5.14. The van der Waals surface area contributed by atoms with Gasteiger partial charge in [0, 0.05) is 63.2 Å². The first-order valence-electron chi connectivity index (χ1n) is 11.9. The summed E-state index contributed by atoms with van der Waals surface area (Å²) in [5.41, 5.74) is 0.615. The van der Waals surface area contributed by atoms with Gasteiger partial charge in [-0.2, -0.15) is 5.26 Å². The Hall–Kier alpha value is -3.45. The van der Waals surface area contributed by atoms with Crippen molar-refractivity contribution in [2.24, 2.45) is 5.92 Å². The van der Waals surface area contributed by atoms with Crippen LogP contribution in [0.4, 0.5) is 10.1 Å². The molecule has 1 saturated carbocycles. The number of carbonyl (C=O) groups excluding carboxylic acids is 1. The van der Waals surface area contributed by atoms with Gasteiger partial charge in [-0.1, -0.05) is 0 Å². The van der Waals surface area contributed by atoms with E-state index in [1.54, 1.807) is 6.92 Å². The van der Waals surface area contributed by atoms with Crippen LogP contribution in [0.1, 0.15) is 54.6 Å². The van der Waals surface area contributed by atoms with Gasteiger partial charge in [0.25, 0.3) is 0 Å². The number of hydrogen-bond donors (Lipinski definition) is 3. The Bertz CT molecular complexity index is 1260. The molecule has 0 radical (unpaired) electrons. The molecule has 35 heavy (non-hydrogen) atoms. The number of benzene rings is 1. The van der Waals surface area contributed by atoms with E-state index in [0.29, 0.717) is 49.4 Å². The number of nitriles is 1. The number of pyridine rings is 1. The summed E-state index contributed by atoms with van der Waals surface area (Å²) in [6.45, 7) is 5.31. The second-order valence-corrected chi connectivity index (χ2v) is 9.44. The maximum absolute atomic E-state index is 15.5. The summed E-state index contributed by atoms with van der Waals surface area (Å²) >= 11 is 0.